The second kappa shape index (κ2) is 9.08. The van der Waals surface area contributed by atoms with Crippen LogP contribution in [-0.2, 0) is 22.1 Å². The summed E-state index contributed by atoms with van der Waals surface area (Å²) in [7, 11) is -3.68. The molecule has 1 aliphatic carbocycles. The van der Waals surface area contributed by atoms with E-state index in [-0.39, 0.29) is 41.5 Å². The summed E-state index contributed by atoms with van der Waals surface area (Å²) in [4.78, 5) is 18.8. The second-order valence-electron chi connectivity index (χ2n) is 7.86. The molecule has 2 aromatic carbocycles. The summed E-state index contributed by atoms with van der Waals surface area (Å²) >= 11 is 0. The maximum atomic E-state index is 13.6. The molecule has 0 atom stereocenters. The third-order valence-electron chi connectivity index (χ3n) is 5.29. The number of hydrogen-bond donors (Lipinski definition) is 0. The van der Waals surface area contributed by atoms with Gasteiger partial charge >= 0.3 is 0 Å². The average Bonchev–Trinajstić information content (AvgIpc) is 3.52. The zero-order valence-corrected chi connectivity index (χ0v) is 18.3. The molecule has 0 spiro atoms. The molecule has 0 unspecified atom stereocenters. The van der Waals surface area contributed by atoms with Crippen LogP contribution in [0.2, 0.25) is 0 Å². The molecule has 1 heterocycles. The molecule has 0 radical (unpaired) electrons. The van der Waals surface area contributed by atoms with Crippen LogP contribution in [0.4, 0.5) is 4.39 Å². The fraction of sp³-hybridized carbons (Fsp3) is 0.250. The van der Waals surface area contributed by atoms with E-state index in [0.29, 0.717) is 11.3 Å². The molecule has 8 heteroatoms. The molecule has 6 nitrogen and oxygen atoms in total. The average molecular weight is 454 g/mol. The van der Waals surface area contributed by atoms with E-state index >= 15 is 0 Å². The Kier molecular flexibility index (Phi) is 6.23. The number of halogens is 1. The summed E-state index contributed by atoms with van der Waals surface area (Å²) in [6.07, 6.45) is 4.82. The van der Waals surface area contributed by atoms with Gasteiger partial charge in [-0.1, -0.05) is 42.5 Å². The lowest BCUT2D eigenvalue weighted by Crippen LogP contribution is -2.31. The maximum Gasteiger partial charge on any atom is 0.254 e. The highest BCUT2D eigenvalue weighted by Crippen LogP contribution is 2.39. The van der Waals surface area contributed by atoms with E-state index in [0.717, 1.165) is 12.8 Å². The lowest BCUT2D eigenvalue weighted by molar-refractivity contribution is 0.0758. The van der Waals surface area contributed by atoms with E-state index in [1.165, 1.54) is 29.3 Å². The molecule has 1 aliphatic rings. The molecule has 3 aromatic rings. The van der Waals surface area contributed by atoms with Crippen molar-refractivity contribution in [3.05, 3.63) is 96.1 Å². The minimum Gasteiger partial charge on any atom is -0.329 e. The Labute approximate surface area is 186 Å². The van der Waals surface area contributed by atoms with Gasteiger partial charge in [0, 0.05) is 18.2 Å². The van der Waals surface area contributed by atoms with E-state index in [1.54, 1.807) is 41.0 Å². The Balaban J connectivity index is 1.64. The second-order valence-corrected chi connectivity index (χ2v) is 9.75. The van der Waals surface area contributed by atoms with E-state index in [2.05, 4.69) is 11.6 Å². The first-order chi connectivity index (χ1) is 15.4. The predicted molar refractivity (Wildman–Crippen MR) is 119 cm³/mol. The highest BCUT2D eigenvalue weighted by atomic mass is 32.2. The van der Waals surface area contributed by atoms with Crippen LogP contribution in [0.15, 0.2) is 78.6 Å². The van der Waals surface area contributed by atoms with Crippen LogP contribution in [0.3, 0.4) is 0 Å². The maximum absolute atomic E-state index is 13.6. The molecule has 0 N–H and O–H groups in total. The number of imidazole rings is 1. The summed E-state index contributed by atoms with van der Waals surface area (Å²) in [5.74, 6) is -0.997. The van der Waals surface area contributed by atoms with E-state index in [1.807, 2.05) is 6.07 Å². The van der Waals surface area contributed by atoms with Gasteiger partial charge < -0.3 is 9.47 Å². The first-order valence-electron chi connectivity index (χ1n) is 10.4. The van der Waals surface area contributed by atoms with Crippen molar-refractivity contribution < 1.29 is 17.6 Å². The van der Waals surface area contributed by atoms with Crippen molar-refractivity contribution >= 4 is 15.7 Å². The smallest absolute Gasteiger partial charge is 0.254 e. The highest BCUT2D eigenvalue weighted by molar-refractivity contribution is 7.90. The third kappa shape index (κ3) is 4.80. The number of rotatable bonds is 9. The third-order valence-corrected chi connectivity index (χ3v) is 6.86. The lowest BCUT2D eigenvalue weighted by atomic mass is 10.2. The summed E-state index contributed by atoms with van der Waals surface area (Å²) in [5.41, 5.74) is 1.54. The van der Waals surface area contributed by atoms with Crippen LogP contribution in [0.25, 0.3) is 0 Å². The zero-order chi connectivity index (χ0) is 22.7. The van der Waals surface area contributed by atoms with Gasteiger partial charge in [-0.2, -0.15) is 0 Å². The number of carbonyl (C=O) groups excluding carboxylic acids is 1. The number of hydrogen-bond acceptors (Lipinski definition) is 4. The van der Waals surface area contributed by atoms with Crippen molar-refractivity contribution in [2.75, 3.05) is 6.54 Å². The van der Waals surface area contributed by atoms with Crippen LogP contribution in [0.5, 0.6) is 0 Å². The summed E-state index contributed by atoms with van der Waals surface area (Å²) in [6.45, 7) is 4.09. The Morgan fingerprint density at radius 2 is 1.94 bits per heavy atom. The number of benzene rings is 2. The SMILES string of the molecule is C=CCN(Cc1cnc(S(=O)(=O)Cc2ccccc2)n1C1CC1)C(=O)c1cccc(F)c1. The van der Waals surface area contributed by atoms with Crippen molar-refractivity contribution in [2.45, 2.75) is 36.3 Å². The minimum atomic E-state index is -3.68. The minimum absolute atomic E-state index is 0.0237. The molecule has 1 aromatic heterocycles. The number of nitrogens with zero attached hydrogens (tertiary/aromatic N) is 3. The first-order valence-corrected chi connectivity index (χ1v) is 12.0. The topological polar surface area (TPSA) is 72.3 Å². The molecule has 0 saturated heterocycles. The standard InChI is InChI=1S/C24H24FN3O3S/c1-2-13-27(23(29)19-9-6-10-20(25)14-19)16-22-15-26-24(28(22)21-11-12-21)32(30,31)17-18-7-4-3-5-8-18/h2-10,14-15,21H,1,11-13,16-17H2. The van der Waals surface area contributed by atoms with E-state index in [4.69, 9.17) is 0 Å². The predicted octanol–water partition coefficient (Wildman–Crippen LogP) is 4.16. The summed E-state index contributed by atoms with van der Waals surface area (Å²) < 4.78 is 41.7. The van der Waals surface area contributed by atoms with Crippen molar-refractivity contribution in [3.8, 4) is 0 Å². The van der Waals surface area contributed by atoms with E-state index in [9.17, 15) is 17.6 Å². The van der Waals surface area contributed by atoms with Gasteiger partial charge in [0.1, 0.15) is 5.82 Å². The molecule has 0 aliphatic heterocycles. The van der Waals surface area contributed by atoms with Crippen LogP contribution in [0, 0.1) is 5.82 Å². The van der Waals surface area contributed by atoms with Gasteiger partial charge in [0.05, 0.1) is 24.2 Å². The van der Waals surface area contributed by atoms with E-state index < -0.39 is 15.7 Å². The van der Waals surface area contributed by atoms with Gasteiger partial charge in [0.25, 0.3) is 5.91 Å². The number of sulfone groups is 1. The molecule has 4 rings (SSSR count). The van der Waals surface area contributed by atoms with Gasteiger partial charge in [0.2, 0.25) is 15.0 Å². The number of carbonyl (C=O) groups is 1. The monoisotopic (exact) mass is 453 g/mol. The van der Waals surface area contributed by atoms with Crippen LogP contribution >= 0.6 is 0 Å². The molecule has 1 amide bonds. The fourth-order valence-electron chi connectivity index (χ4n) is 3.68. The van der Waals surface area contributed by atoms with Gasteiger partial charge in [-0.25, -0.2) is 17.8 Å². The van der Waals surface area contributed by atoms with Crippen LogP contribution in [-0.4, -0.2) is 35.3 Å². The Morgan fingerprint density at radius 1 is 1.19 bits per heavy atom. The normalized spacial score (nSPS) is 13.7. The van der Waals surface area contributed by atoms with Crippen LogP contribution < -0.4 is 0 Å². The summed E-state index contributed by atoms with van der Waals surface area (Å²) in [5, 5.41) is 0.0237. The molecule has 1 saturated carbocycles. The Morgan fingerprint density at radius 3 is 2.59 bits per heavy atom. The lowest BCUT2D eigenvalue weighted by Gasteiger charge is -2.22. The number of amides is 1. The Bertz CT molecular complexity index is 1230. The van der Waals surface area contributed by atoms with Crippen LogP contribution in [0.1, 0.15) is 40.5 Å². The zero-order valence-electron chi connectivity index (χ0n) is 17.5. The molecule has 0 bridgehead atoms. The van der Waals surface area contributed by atoms with Crippen molar-refractivity contribution in [1.82, 2.24) is 14.5 Å². The first kappa shape index (κ1) is 22.0. The largest absolute Gasteiger partial charge is 0.329 e. The Hall–Kier alpha value is -3.26. The van der Waals surface area contributed by atoms with Crippen molar-refractivity contribution in [1.29, 1.82) is 0 Å². The van der Waals surface area contributed by atoms with Gasteiger partial charge in [-0.15, -0.1) is 6.58 Å². The van der Waals surface area contributed by atoms with Gasteiger partial charge in [-0.05, 0) is 36.6 Å². The quantitative estimate of drug-likeness (QED) is 0.456. The number of aromatic nitrogens is 2. The van der Waals surface area contributed by atoms with Gasteiger partial charge in [0.15, 0.2) is 0 Å². The summed E-state index contributed by atoms with van der Waals surface area (Å²) in [6, 6.07) is 14.5. The molecular weight excluding hydrogens is 429 g/mol. The molecule has 166 valence electrons. The van der Waals surface area contributed by atoms with Crippen molar-refractivity contribution in [2.24, 2.45) is 0 Å². The molecule has 32 heavy (non-hydrogen) atoms. The van der Waals surface area contributed by atoms with Crippen molar-refractivity contribution in [3.63, 3.8) is 0 Å². The van der Waals surface area contributed by atoms with Gasteiger partial charge in [-0.3, -0.25) is 4.79 Å². The molecule has 1 fully saturated rings. The molecular formula is C24H24FN3O3S. The highest BCUT2D eigenvalue weighted by Gasteiger charge is 2.34. The fourth-order valence-corrected chi connectivity index (χ4v) is 5.22.